The fourth-order valence-corrected chi connectivity index (χ4v) is 6.84. The summed E-state index contributed by atoms with van der Waals surface area (Å²) in [7, 11) is 0. The van der Waals surface area contributed by atoms with Crippen LogP contribution in [0.4, 0.5) is 5.69 Å². The van der Waals surface area contributed by atoms with Crippen LogP contribution in [0.2, 0.25) is 0 Å². The molecule has 26 heavy (non-hydrogen) atoms. The molecule has 2 unspecified atom stereocenters. The van der Waals surface area contributed by atoms with Gasteiger partial charge in [0.25, 0.3) is 0 Å². The van der Waals surface area contributed by atoms with Gasteiger partial charge in [-0.25, -0.2) is 4.98 Å². The lowest BCUT2D eigenvalue weighted by molar-refractivity contribution is -0.377. The number of carbonyl (C=O) groups excluding carboxylic acids is 1. The molecule has 0 spiro atoms. The Balaban J connectivity index is 1.22. The second kappa shape index (κ2) is 5.95. The molecule has 6 rings (SSSR count). The molecule has 1 amide bonds. The third-order valence-electron chi connectivity index (χ3n) is 7.38. The fraction of sp³-hybridized carbons (Fsp3) is 0.714. The minimum absolute atomic E-state index is 0.0856. The number of anilines is 1. The van der Waals surface area contributed by atoms with E-state index < -0.39 is 5.60 Å². The van der Waals surface area contributed by atoms with E-state index >= 15 is 0 Å². The van der Waals surface area contributed by atoms with Gasteiger partial charge in [-0.3, -0.25) is 4.79 Å². The van der Waals surface area contributed by atoms with Crippen LogP contribution in [0.15, 0.2) is 24.5 Å². The number of aromatic amines is 1. The Labute approximate surface area is 155 Å². The normalized spacial score (nSPS) is 38.7. The Morgan fingerprint density at radius 3 is 2.35 bits per heavy atom. The van der Waals surface area contributed by atoms with Crippen LogP contribution in [-0.4, -0.2) is 47.7 Å². The number of pyridine rings is 1. The number of amides is 1. The smallest absolute Gasteiger partial charge is 0.223 e. The summed E-state index contributed by atoms with van der Waals surface area (Å²) in [6.07, 6.45) is 11.0. The maximum Gasteiger partial charge on any atom is 0.223 e. The van der Waals surface area contributed by atoms with E-state index in [1.165, 1.54) is 12.1 Å². The van der Waals surface area contributed by atoms with Crippen molar-refractivity contribution < 1.29 is 14.9 Å². The van der Waals surface area contributed by atoms with Gasteiger partial charge in [-0.2, -0.15) is 0 Å². The molecule has 0 aromatic carbocycles. The highest BCUT2D eigenvalue weighted by molar-refractivity contribution is 5.77. The summed E-state index contributed by atoms with van der Waals surface area (Å²) >= 11 is 0. The fourth-order valence-electron chi connectivity index (χ4n) is 6.84. The summed E-state index contributed by atoms with van der Waals surface area (Å²) in [5, 5.41) is 10.9. The van der Waals surface area contributed by atoms with Gasteiger partial charge in [0, 0.05) is 50.4 Å². The van der Waals surface area contributed by atoms with Gasteiger partial charge in [0.2, 0.25) is 5.91 Å². The Morgan fingerprint density at radius 2 is 1.73 bits per heavy atom. The van der Waals surface area contributed by atoms with Gasteiger partial charge >= 0.3 is 0 Å². The van der Waals surface area contributed by atoms with Crippen molar-refractivity contribution in [2.45, 2.75) is 50.5 Å². The topological polar surface area (TPSA) is 57.9 Å². The van der Waals surface area contributed by atoms with Crippen molar-refractivity contribution in [3.63, 3.8) is 0 Å². The predicted octanol–water partition coefficient (Wildman–Crippen LogP) is 1.87. The lowest BCUT2D eigenvalue weighted by Crippen LogP contribution is -2.57. The van der Waals surface area contributed by atoms with E-state index in [-0.39, 0.29) is 5.41 Å². The molecule has 4 bridgehead atoms. The molecule has 2 N–H and O–H groups in total. The van der Waals surface area contributed by atoms with E-state index in [1.54, 1.807) is 0 Å². The van der Waals surface area contributed by atoms with E-state index in [0.717, 1.165) is 58.3 Å². The summed E-state index contributed by atoms with van der Waals surface area (Å²) < 4.78 is 0. The summed E-state index contributed by atoms with van der Waals surface area (Å²) in [5.41, 5.74) is 0.842. The lowest BCUT2D eigenvalue weighted by Gasteiger charge is -2.60. The minimum Gasteiger partial charge on any atom is -0.390 e. The van der Waals surface area contributed by atoms with Crippen LogP contribution in [0.5, 0.6) is 0 Å². The van der Waals surface area contributed by atoms with E-state index in [1.807, 2.05) is 12.4 Å². The van der Waals surface area contributed by atoms with Gasteiger partial charge in [0.05, 0.1) is 5.60 Å². The zero-order valence-corrected chi connectivity index (χ0v) is 15.5. The number of carbonyl (C=O) groups is 1. The average Bonchev–Trinajstić information content (AvgIpc) is 2.60. The molecule has 5 aliphatic rings. The zero-order valence-electron chi connectivity index (χ0n) is 15.5. The van der Waals surface area contributed by atoms with Gasteiger partial charge in [-0.15, -0.1) is 0 Å². The molecular formula is C21H30N3O2+. The third kappa shape index (κ3) is 2.90. The van der Waals surface area contributed by atoms with E-state index in [9.17, 15) is 9.90 Å². The molecule has 5 heteroatoms. The second-order valence-electron chi connectivity index (χ2n) is 9.49. The van der Waals surface area contributed by atoms with Crippen molar-refractivity contribution in [2.24, 2.45) is 17.3 Å². The van der Waals surface area contributed by atoms with Crippen molar-refractivity contribution >= 4 is 11.6 Å². The molecule has 1 aliphatic heterocycles. The Hall–Kier alpha value is -1.62. The highest BCUT2D eigenvalue weighted by Crippen LogP contribution is 2.62. The van der Waals surface area contributed by atoms with Gasteiger partial charge in [-0.1, -0.05) is 0 Å². The molecule has 5 fully saturated rings. The van der Waals surface area contributed by atoms with E-state index in [0.29, 0.717) is 24.2 Å². The van der Waals surface area contributed by atoms with Crippen LogP contribution in [0.25, 0.3) is 0 Å². The molecule has 1 aromatic heterocycles. The zero-order chi connectivity index (χ0) is 17.8. The van der Waals surface area contributed by atoms with E-state index in [4.69, 9.17) is 0 Å². The number of hydrogen-bond acceptors (Lipinski definition) is 3. The first kappa shape index (κ1) is 16.5. The summed E-state index contributed by atoms with van der Waals surface area (Å²) in [6, 6.07) is 4.18. The minimum atomic E-state index is -0.465. The number of piperazine rings is 1. The van der Waals surface area contributed by atoms with Crippen LogP contribution in [-0.2, 0) is 4.79 Å². The standard InChI is InChI=1S/C21H29N3O2/c25-19(24-7-5-23(6-8-24)18-1-3-22-4-2-18)14-20-10-16-9-17(11-20)13-21(26,12-16)15-20/h1-4,16-17,26H,5-15H2/p+1/t16-,17+,20?,21?. The van der Waals surface area contributed by atoms with Crippen molar-refractivity contribution in [2.75, 3.05) is 31.1 Å². The number of aromatic nitrogens is 1. The van der Waals surface area contributed by atoms with Crippen LogP contribution in [0, 0.1) is 17.3 Å². The summed E-state index contributed by atoms with van der Waals surface area (Å²) in [6.45, 7) is 3.42. The highest BCUT2D eigenvalue weighted by atomic mass is 16.3. The van der Waals surface area contributed by atoms with Gasteiger partial charge in [0.1, 0.15) is 0 Å². The number of nitrogens with one attached hydrogen (secondary N) is 1. The third-order valence-corrected chi connectivity index (χ3v) is 7.38. The molecule has 2 heterocycles. The van der Waals surface area contributed by atoms with Gasteiger partial charge < -0.3 is 14.9 Å². The molecule has 4 saturated carbocycles. The Bertz CT molecular complexity index is 670. The first-order valence-electron chi connectivity index (χ1n) is 10.2. The predicted molar refractivity (Wildman–Crippen MR) is 98.5 cm³/mol. The number of H-pyrrole nitrogens is 1. The molecule has 5 nitrogen and oxygen atoms in total. The maximum atomic E-state index is 13.1. The molecule has 1 aromatic rings. The van der Waals surface area contributed by atoms with E-state index in [2.05, 4.69) is 26.9 Å². The SMILES string of the molecule is O=C(CC12C[C@@H]3C[C@@H](CC(O)(C3)C1)C2)N1CCN(c2cc[nH+]cc2)CC1. The van der Waals surface area contributed by atoms with Crippen LogP contribution >= 0.6 is 0 Å². The Morgan fingerprint density at radius 1 is 1.08 bits per heavy atom. The van der Waals surface area contributed by atoms with Crippen LogP contribution in [0.1, 0.15) is 44.9 Å². The first-order valence-corrected chi connectivity index (χ1v) is 10.2. The maximum absolute atomic E-state index is 13.1. The number of hydrogen-bond donors (Lipinski definition) is 1. The molecular weight excluding hydrogens is 326 g/mol. The monoisotopic (exact) mass is 356 g/mol. The van der Waals surface area contributed by atoms with Gasteiger partial charge in [-0.05, 0) is 55.8 Å². The quantitative estimate of drug-likeness (QED) is 0.899. The van der Waals surface area contributed by atoms with Gasteiger partial charge in [0.15, 0.2) is 12.4 Å². The largest absolute Gasteiger partial charge is 0.390 e. The van der Waals surface area contributed by atoms with Crippen molar-refractivity contribution in [3.8, 4) is 0 Å². The van der Waals surface area contributed by atoms with Crippen molar-refractivity contribution in [1.29, 1.82) is 0 Å². The molecule has 0 radical (unpaired) electrons. The molecule has 4 aliphatic carbocycles. The van der Waals surface area contributed by atoms with Crippen LogP contribution in [0.3, 0.4) is 0 Å². The first-order chi connectivity index (χ1) is 12.5. The highest BCUT2D eigenvalue weighted by Gasteiger charge is 2.57. The number of aliphatic hydroxyl groups is 1. The molecule has 1 saturated heterocycles. The summed E-state index contributed by atoms with van der Waals surface area (Å²) in [4.78, 5) is 20.5. The average molecular weight is 356 g/mol. The van der Waals surface area contributed by atoms with Crippen molar-refractivity contribution in [1.82, 2.24) is 4.90 Å². The number of nitrogens with zero attached hydrogens (tertiary/aromatic N) is 2. The van der Waals surface area contributed by atoms with Crippen molar-refractivity contribution in [3.05, 3.63) is 24.5 Å². The Kier molecular flexibility index (Phi) is 3.78. The second-order valence-corrected chi connectivity index (χ2v) is 9.49. The molecule has 140 valence electrons. The lowest BCUT2D eigenvalue weighted by atomic mass is 9.47. The molecule has 4 atom stereocenters. The number of rotatable bonds is 3. The summed E-state index contributed by atoms with van der Waals surface area (Å²) in [5.74, 6) is 1.62. The van der Waals surface area contributed by atoms with Crippen LogP contribution < -0.4 is 9.88 Å².